The molecule has 0 bridgehead atoms. The Bertz CT molecular complexity index is 734. The molecule has 6 nitrogen and oxygen atoms in total. The third-order valence-corrected chi connectivity index (χ3v) is 5.83. The van der Waals surface area contributed by atoms with Crippen LogP contribution in [0.25, 0.3) is 0 Å². The Balaban J connectivity index is 1.54. The molecule has 2 N–H and O–H groups in total. The zero-order valence-corrected chi connectivity index (χ0v) is 16.0. The Morgan fingerprint density at radius 1 is 1.35 bits per heavy atom. The molecule has 140 valence electrons. The van der Waals surface area contributed by atoms with Crippen LogP contribution in [0.5, 0.6) is 5.75 Å². The molecule has 26 heavy (non-hydrogen) atoms. The van der Waals surface area contributed by atoms with E-state index in [9.17, 15) is 9.90 Å². The summed E-state index contributed by atoms with van der Waals surface area (Å²) >= 11 is 1.55. The Morgan fingerprint density at radius 2 is 2.19 bits per heavy atom. The molecule has 1 atom stereocenters. The van der Waals surface area contributed by atoms with Gasteiger partial charge in [0, 0.05) is 12.6 Å². The second kappa shape index (κ2) is 8.98. The van der Waals surface area contributed by atoms with Gasteiger partial charge in [-0.1, -0.05) is 30.4 Å². The van der Waals surface area contributed by atoms with Gasteiger partial charge in [0.05, 0.1) is 6.54 Å². The Kier molecular flexibility index (Phi) is 6.44. The molecule has 1 fully saturated rings. The molecule has 0 unspecified atom stereocenters. The standard InChI is InChI=1S/C19H26N4O2S/c1-2-17-21-22-18(26-17)13-20-19(25)23-11-4-3-7-15(23)10-9-14-6-5-8-16(24)12-14/h5-6,8,12,15,24H,2-4,7,9-11,13H2,1H3,(H,20,25)/t15-/m1/s1. The van der Waals surface area contributed by atoms with Crippen molar-refractivity contribution in [1.82, 2.24) is 20.4 Å². The summed E-state index contributed by atoms with van der Waals surface area (Å²) in [6, 6.07) is 7.59. The van der Waals surface area contributed by atoms with Gasteiger partial charge >= 0.3 is 6.03 Å². The van der Waals surface area contributed by atoms with Crippen LogP contribution in [0.4, 0.5) is 4.79 Å². The predicted octanol–water partition coefficient (Wildman–Crippen LogP) is 3.50. The number of amides is 2. The number of aromatic hydroxyl groups is 1. The van der Waals surface area contributed by atoms with Crippen molar-refractivity contribution >= 4 is 17.4 Å². The first kappa shape index (κ1) is 18.6. The first-order chi connectivity index (χ1) is 12.7. The quantitative estimate of drug-likeness (QED) is 0.811. The molecule has 2 aromatic rings. The van der Waals surface area contributed by atoms with Crippen molar-refractivity contribution in [2.75, 3.05) is 6.54 Å². The maximum Gasteiger partial charge on any atom is 0.317 e. The summed E-state index contributed by atoms with van der Waals surface area (Å²) in [6.07, 6.45) is 5.88. The number of aryl methyl sites for hydroxylation is 2. The van der Waals surface area contributed by atoms with Gasteiger partial charge in [0.15, 0.2) is 0 Å². The highest BCUT2D eigenvalue weighted by Gasteiger charge is 2.26. The van der Waals surface area contributed by atoms with E-state index in [1.54, 1.807) is 23.5 Å². The molecule has 1 aliphatic rings. The molecule has 3 rings (SSSR count). The third kappa shape index (κ3) is 4.94. The van der Waals surface area contributed by atoms with E-state index in [2.05, 4.69) is 15.5 Å². The van der Waals surface area contributed by atoms with E-state index >= 15 is 0 Å². The molecule has 0 aliphatic carbocycles. The number of urea groups is 1. The van der Waals surface area contributed by atoms with Crippen LogP contribution < -0.4 is 5.32 Å². The number of nitrogens with one attached hydrogen (secondary N) is 1. The van der Waals surface area contributed by atoms with Gasteiger partial charge in [-0.25, -0.2) is 4.79 Å². The molecule has 1 saturated heterocycles. The summed E-state index contributed by atoms with van der Waals surface area (Å²) < 4.78 is 0. The van der Waals surface area contributed by atoms with Crippen LogP contribution >= 0.6 is 11.3 Å². The summed E-state index contributed by atoms with van der Waals surface area (Å²) in [6.45, 7) is 3.28. The fourth-order valence-corrected chi connectivity index (χ4v) is 4.09. The van der Waals surface area contributed by atoms with E-state index < -0.39 is 0 Å². The SMILES string of the molecule is CCc1nnc(CNC(=O)N2CCCC[C@@H]2CCc2cccc(O)c2)s1. The number of rotatable bonds is 6. The van der Waals surface area contributed by atoms with E-state index in [-0.39, 0.29) is 12.1 Å². The van der Waals surface area contributed by atoms with E-state index in [1.807, 2.05) is 24.0 Å². The molecule has 0 saturated carbocycles. The smallest absolute Gasteiger partial charge is 0.317 e. The average molecular weight is 375 g/mol. The summed E-state index contributed by atoms with van der Waals surface area (Å²) in [7, 11) is 0. The highest BCUT2D eigenvalue weighted by molar-refractivity contribution is 7.11. The van der Waals surface area contributed by atoms with Gasteiger partial charge in [0.2, 0.25) is 0 Å². The molecular formula is C19H26N4O2S. The largest absolute Gasteiger partial charge is 0.508 e. The first-order valence-electron chi connectivity index (χ1n) is 9.29. The van der Waals surface area contributed by atoms with Crippen LogP contribution in [0.15, 0.2) is 24.3 Å². The molecule has 7 heteroatoms. The number of aromatic nitrogens is 2. The molecule has 2 heterocycles. The van der Waals surface area contributed by atoms with Crippen molar-refractivity contribution in [2.45, 2.75) is 58.0 Å². The topological polar surface area (TPSA) is 78.4 Å². The van der Waals surface area contributed by atoms with Gasteiger partial charge in [-0.15, -0.1) is 10.2 Å². The summed E-state index contributed by atoms with van der Waals surface area (Å²) in [5.74, 6) is 0.296. The molecule has 1 aromatic carbocycles. The number of benzene rings is 1. The minimum atomic E-state index is -0.0149. The van der Waals surface area contributed by atoms with Gasteiger partial charge in [0.1, 0.15) is 15.8 Å². The van der Waals surface area contributed by atoms with Crippen molar-refractivity contribution in [3.63, 3.8) is 0 Å². The van der Waals surface area contributed by atoms with Crippen LogP contribution in [0, 0.1) is 0 Å². The highest BCUT2D eigenvalue weighted by Crippen LogP contribution is 2.22. The molecule has 1 aliphatic heterocycles. The van der Waals surface area contributed by atoms with Crippen molar-refractivity contribution in [1.29, 1.82) is 0 Å². The molecule has 0 radical (unpaired) electrons. The van der Waals surface area contributed by atoms with Crippen LogP contribution in [0.1, 0.15) is 48.2 Å². The molecule has 2 amide bonds. The normalized spacial score (nSPS) is 17.3. The molecule has 0 spiro atoms. The van der Waals surface area contributed by atoms with Crippen molar-refractivity contribution in [2.24, 2.45) is 0 Å². The second-order valence-corrected chi connectivity index (χ2v) is 7.80. The lowest BCUT2D eigenvalue weighted by atomic mass is 9.96. The van der Waals surface area contributed by atoms with E-state index in [0.29, 0.717) is 12.3 Å². The Morgan fingerprint density at radius 3 is 2.96 bits per heavy atom. The minimum absolute atomic E-state index is 0.0149. The number of hydrogen-bond donors (Lipinski definition) is 2. The number of phenolic OH excluding ortho intramolecular Hbond substituents is 1. The van der Waals surface area contributed by atoms with Gasteiger partial charge in [-0.3, -0.25) is 0 Å². The summed E-state index contributed by atoms with van der Waals surface area (Å²) in [4.78, 5) is 14.6. The van der Waals surface area contributed by atoms with E-state index in [0.717, 1.165) is 60.6 Å². The number of hydrogen-bond acceptors (Lipinski definition) is 5. The van der Waals surface area contributed by atoms with Gasteiger partial charge in [0.25, 0.3) is 0 Å². The zero-order chi connectivity index (χ0) is 18.4. The van der Waals surface area contributed by atoms with Gasteiger partial charge in [-0.05, 0) is 56.2 Å². The molecular weight excluding hydrogens is 348 g/mol. The van der Waals surface area contributed by atoms with Crippen LogP contribution in [0.2, 0.25) is 0 Å². The Labute approximate surface area is 158 Å². The van der Waals surface area contributed by atoms with Crippen LogP contribution in [0.3, 0.4) is 0 Å². The molecule has 1 aromatic heterocycles. The van der Waals surface area contributed by atoms with Crippen LogP contribution in [-0.4, -0.2) is 38.8 Å². The van der Waals surface area contributed by atoms with Gasteiger partial charge < -0.3 is 15.3 Å². The van der Waals surface area contributed by atoms with Crippen molar-refractivity contribution < 1.29 is 9.90 Å². The lowest BCUT2D eigenvalue weighted by Gasteiger charge is -2.35. The van der Waals surface area contributed by atoms with E-state index in [1.165, 1.54) is 0 Å². The summed E-state index contributed by atoms with van der Waals surface area (Å²) in [5.41, 5.74) is 1.11. The highest BCUT2D eigenvalue weighted by atomic mass is 32.1. The maximum absolute atomic E-state index is 12.7. The lowest BCUT2D eigenvalue weighted by Crippen LogP contribution is -2.48. The number of likely N-dealkylation sites (tertiary alicyclic amines) is 1. The number of piperidine rings is 1. The fraction of sp³-hybridized carbons (Fsp3) is 0.526. The predicted molar refractivity (Wildman–Crippen MR) is 102 cm³/mol. The van der Waals surface area contributed by atoms with Gasteiger partial charge in [-0.2, -0.15) is 0 Å². The number of carbonyl (C=O) groups excluding carboxylic acids is 1. The lowest BCUT2D eigenvalue weighted by molar-refractivity contribution is 0.146. The zero-order valence-electron chi connectivity index (χ0n) is 15.1. The first-order valence-corrected chi connectivity index (χ1v) is 10.1. The monoisotopic (exact) mass is 374 g/mol. The Hall–Kier alpha value is -2.15. The van der Waals surface area contributed by atoms with Crippen LogP contribution in [-0.2, 0) is 19.4 Å². The van der Waals surface area contributed by atoms with Crippen molar-refractivity contribution in [3.05, 3.63) is 39.8 Å². The second-order valence-electron chi connectivity index (χ2n) is 6.65. The van der Waals surface area contributed by atoms with Crippen molar-refractivity contribution in [3.8, 4) is 5.75 Å². The van der Waals surface area contributed by atoms with E-state index in [4.69, 9.17) is 0 Å². The average Bonchev–Trinajstić information content (AvgIpc) is 3.13. The number of phenols is 1. The third-order valence-electron chi connectivity index (χ3n) is 4.77. The number of nitrogens with zero attached hydrogens (tertiary/aromatic N) is 3. The maximum atomic E-state index is 12.7. The minimum Gasteiger partial charge on any atom is -0.508 e. The fourth-order valence-electron chi connectivity index (χ4n) is 3.37. The number of carbonyl (C=O) groups is 1. The summed E-state index contributed by atoms with van der Waals surface area (Å²) in [5, 5.41) is 22.7.